The third kappa shape index (κ3) is 2.32. The van der Waals surface area contributed by atoms with Crippen LogP contribution in [0.25, 0.3) is 0 Å². The molecule has 4 aliphatic rings. The molecule has 3 bridgehead atoms. The Bertz CT molecular complexity index is 664. The molecule has 0 aliphatic heterocycles. The second-order valence-electron chi connectivity index (χ2n) is 11.6. The van der Waals surface area contributed by atoms with Gasteiger partial charge in [0.25, 0.3) is 0 Å². The average Bonchev–Trinajstić information content (AvgIpc) is 2.80. The van der Waals surface area contributed by atoms with Crippen LogP contribution in [0.5, 0.6) is 0 Å². The molecule has 4 fully saturated rings. The highest BCUT2D eigenvalue weighted by Gasteiger charge is 2.78. The van der Waals surface area contributed by atoms with Gasteiger partial charge in [-0.15, -0.1) is 0 Å². The Morgan fingerprint density at radius 3 is 2.31 bits per heavy atom. The molecule has 4 nitrogen and oxygen atoms in total. The number of carbonyl (C=O) groups is 2. The van der Waals surface area contributed by atoms with E-state index in [1.165, 1.54) is 0 Å². The number of carboxylic acid groups (broad SMARTS) is 1. The molecule has 1 spiro atoms. The Morgan fingerprint density at radius 1 is 1.08 bits per heavy atom. The standard InChI is InChI=1S/C22H34O4/c1-6-19(5,10-18(2,3)4)17(25)26-21-9-15-7-14-8-20(11-21,16(23)24)12-22(14,15)13-21/h14-15H,6-13H2,1-5H3,(H,23,24). The predicted molar refractivity (Wildman–Crippen MR) is 98.5 cm³/mol. The van der Waals surface area contributed by atoms with Crippen molar-refractivity contribution in [3.63, 3.8) is 0 Å². The summed E-state index contributed by atoms with van der Waals surface area (Å²) < 4.78 is 6.32. The van der Waals surface area contributed by atoms with Gasteiger partial charge in [0.2, 0.25) is 0 Å². The summed E-state index contributed by atoms with van der Waals surface area (Å²) in [5.74, 6) is 0.337. The first-order valence-corrected chi connectivity index (χ1v) is 10.3. The van der Waals surface area contributed by atoms with Crippen LogP contribution in [-0.2, 0) is 14.3 Å². The van der Waals surface area contributed by atoms with Gasteiger partial charge in [-0.2, -0.15) is 0 Å². The van der Waals surface area contributed by atoms with Crippen LogP contribution in [-0.4, -0.2) is 22.6 Å². The van der Waals surface area contributed by atoms with Crippen LogP contribution in [0.15, 0.2) is 0 Å². The normalized spacial score (nSPS) is 45.0. The maximum atomic E-state index is 13.3. The van der Waals surface area contributed by atoms with Crippen molar-refractivity contribution in [2.45, 2.75) is 91.6 Å². The fraction of sp³-hybridized carbons (Fsp3) is 0.909. The summed E-state index contributed by atoms with van der Waals surface area (Å²) in [5, 5.41) is 9.98. The summed E-state index contributed by atoms with van der Waals surface area (Å²) in [7, 11) is 0. The van der Waals surface area contributed by atoms with Crippen LogP contribution in [0, 0.1) is 33.5 Å². The highest BCUT2D eigenvalue weighted by molar-refractivity contribution is 5.79. The lowest BCUT2D eigenvalue weighted by atomic mass is 9.55. The summed E-state index contributed by atoms with van der Waals surface area (Å²) in [4.78, 5) is 25.4. The molecule has 4 rings (SSSR count). The molecule has 0 saturated heterocycles. The summed E-state index contributed by atoms with van der Waals surface area (Å²) in [6.45, 7) is 10.6. The van der Waals surface area contributed by atoms with Crippen molar-refractivity contribution in [2.24, 2.45) is 33.5 Å². The van der Waals surface area contributed by atoms with E-state index in [4.69, 9.17) is 4.74 Å². The van der Waals surface area contributed by atoms with Gasteiger partial charge in [0, 0.05) is 6.42 Å². The molecule has 0 aromatic heterocycles. The largest absolute Gasteiger partial charge is 0.481 e. The molecule has 0 radical (unpaired) electrons. The van der Waals surface area contributed by atoms with E-state index in [0.717, 1.165) is 44.9 Å². The lowest BCUT2D eigenvalue weighted by molar-refractivity contribution is -0.184. The minimum Gasteiger partial charge on any atom is -0.481 e. The van der Waals surface area contributed by atoms with Crippen LogP contribution < -0.4 is 0 Å². The number of carboxylic acids is 1. The zero-order valence-electron chi connectivity index (χ0n) is 17.0. The maximum Gasteiger partial charge on any atom is 0.312 e. The van der Waals surface area contributed by atoms with Gasteiger partial charge in [0.15, 0.2) is 0 Å². The Labute approximate surface area is 157 Å². The zero-order chi connectivity index (χ0) is 19.2. The van der Waals surface area contributed by atoms with Crippen LogP contribution in [0.1, 0.15) is 86.0 Å². The van der Waals surface area contributed by atoms with E-state index in [-0.39, 0.29) is 16.8 Å². The van der Waals surface area contributed by atoms with E-state index in [9.17, 15) is 14.7 Å². The van der Waals surface area contributed by atoms with E-state index >= 15 is 0 Å². The SMILES string of the molecule is CCC(C)(CC(C)(C)C)C(=O)OC12CC3CC4CC(C(=O)O)(C1)CC34C2. The Balaban J connectivity index is 1.60. The van der Waals surface area contributed by atoms with Gasteiger partial charge in [0.1, 0.15) is 5.60 Å². The van der Waals surface area contributed by atoms with Gasteiger partial charge in [0.05, 0.1) is 10.8 Å². The Kier molecular flexibility index (Phi) is 3.56. The van der Waals surface area contributed by atoms with Crippen molar-refractivity contribution in [3.8, 4) is 0 Å². The first-order valence-electron chi connectivity index (χ1n) is 10.3. The topological polar surface area (TPSA) is 63.6 Å². The van der Waals surface area contributed by atoms with Crippen LogP contribution >= 0.6 is 0 Å². The van der Waals surface area contributed by atoms with E-state index in [0.29, 0.717) is 18.3 Å². The number of hydrogen-bond donors (Lipinski definition) is 1. The van der Waals surface area contributed by atoms with Crippen molar-refractivity contribution in [1.29, 1.82) is 0 Å². The lowest BCUT2D eigenvalue weighted by Gasteiger charge is -2.49. The van der Waals surface area contributed by atoms with Crippen molar-refractivity contribution >= 4 is 11.9 Å². The highest BCUT2D eigenvalue weighted by atomic mass is 16.6. The summed E-state index contributed by atoms with van der Waals surface area (Å²) >= 11 is 0. The maximum absolute atomic E-state index is 13.3. The number of rotatable bonds is 5. The van der Waals surface area contributed by atoms with Crippen LogP contribution in [0.3, 0.4) is 0 Å². The van der Waals surface area contributed by atoms with Crippen molar-refractivity contribution in [3.05, 3.63) is 0 Å². The third-order valence-corrected chi connectivity index (χ3v) is 8.39. The molecule has 0 heterocycles. The quantitative estimate of drug-likeness (QED) is 0.713. The van der Waals surface area contributed by atoms with Crippen molar-refractivity contribution < 1.29 is 19.4 Å². The average molecular weight is 363 g/mol. The molecule has 26 heavy (non-hydrogen) atoms. The number of carbonyl (C=O) groups excluding carboxylic acids is 1. The smallest absolute Gasteiger partial charge is 0.312 e. The molecule has 0 aromatic carbocycles. The summed E-state index contributed by atoms with van der Waals surface area (Å²) in [6.07, 6.45) is 6.62. The van der Waals surface area contributed by atoms with Crippen molar-refractivity contribution in [2.75, 3.05) is 0 Å². The number of esters is 1. The molecular formula is C22H34O4. The zero-order valence-corrected chi connectivity index (χ0v) is 17.0. The molecule has 6 atom stereocenters. The lowest BCUT2D eigenvalue weighted by Crippen LogP contribution is -2.48. The predicted octanol–water partition coefficient (Wildman–Crippen LogP) is 4.81. The second kappa shape index (κ2) is 5.05. The number of fused-ring (bicyclic) bond motifs is 2. The first-order chi connectivity index (χ1) is 11.9. The molecule has 6 unspecified atom stereocenters. The van der Waals surface area contributed by atoms with E-state index in [2.05, 4.69) is 27.7 Å². The Morgan fingerprint density at radius 2 is 1.73 bits per heavy atom. The number of ether oxygens (including phenoxy) is 1. The first kappa shape index (κ1) is 18.3. The van der Waals surface area contributed by atoms with E-state index in [1.807, 2.05) is 6.92 Å². The van der Waals surface area contributed by atoms with E-state index in [1.54, 1.807) is 0 Å². The van der Waals surface area contributed by atoms with Crippen molar-refractivity contribution in [1.82, 2.24) is 0 Å². The van der Waals surface area contributed by atoms with Gasteiger partial charge >= 0.3 is 11.9 Å². The fourth-order valence-electron chi connectivity index (χ4n) is 7.56. The van der Waals surface area contributed by atoms with Crippen LogP contribution in [0.4, 0.5) is 0 Å². The molecule has 1 N–H and O–H groups in total. The molecule has 0 amide bonds. The number of aliphatic carboxylic acids is 1. The molecule has 4 heteroatoms. The molecular weight excluding hydrogens is 328 g/mol. The minimum atomic E-state index is -0.667. The molecule has 146 valence electrons. The van der Waals surface area contributed by atoms with Gasteiger partial charge in [-0.25, -0.2) is 0 Å². The fourth-order valence-corrected chi connectivity index (χ4v) is 7.56. The molecule has 0 aromatic rings. The van der Waals surface area contributed by atoms with Gasteiger partial charge in [-0.1, -0.05) is 27.7 Å². The number of hydrogen-bond acceptors (Lipinski definition) is 3. The summed E-state index contributed by atoms with van der Waals surface area (Å²) in [5.41, 5.74) is -1.48. The third-order valence-electron chi connectivity index (χ3n) is 8.39. The van der Waals surface area contributed by atoms with Gasteiger partial charge in [-0.3, -0.25) is 9.59 Å². The Hall–Kier alpha value is -1.06. The minimum absolute atomic E-state index is 0.0494. The second-order valence-corrected chi connectivity index (χ2v) is 11.6. The molecule has 4 aliphatic carbocycles. The van der Waals surface area contributed by atoms with Crippen LogP contribution in [0.2, 0.25) is 0 Å². The van der Waals surface area contributed by atoms with Gasteiger partial charge in [-0.05, 0) is 74.5 Å². The summed E-state index contributed by atoms with van der Waals surface area (Å²) in [6, 6.07) is 0. The monoisotopic (exact) mass is 362 g/mol. The van der Waals surface area contributed by atoms with E-state index < -0.39 is 22.4 Å². The van der Waals surface area contributed by atoms with Gasteiger partial charge < -0.3 is 9.84 Å². The highest BCUT2D eigenvalue weighted by Crippen LogP contribution is 2.80. The molecule has 4 saturated carbocycles.